The summed E-state index contributed by atoms with van der Waals surface area (Å²) in [5.74, 6) is 0. The Kier molecular flexibility index (Phi) is 12.0. The van der Waals surface area contributed by atoms with Crippen LogP contribution in [0.15, 0.2) is 60.7 Å². The van der Waals surface area contributed by atoms with Crippen molar-refractivity contribution in [3.63, 3.8) is 0 Å². The molecule has 4 aromatic rings. The van der Waals surface area contributed by atoms with Crippen molar-refractivity contribution >= 4 is 29.5 Å². The second-order valence-electron chi connectivity index (χ2n) is 14.5. The Hall–Kier alpha value is -1.28. The van der Waals surface area contributed by atoms with Crippen molar-refractivity contribution in [2.45, 2.75) is 145 Å². The van der Waals surface area contributed by atoms with Crippen LogP contribution in [0, 0.1) is 6.07 Å². The average molecular weight is 833 g/mol. The molecule has 1 nitrogen and oxygen atoms in total. The van der Waals surface area contributed by atoms with E-state index < -0.39 is 0 Å². The molecule has 3 fully saturated rings. The molecule has 0 bridgehead atoms. The number of fused-ring (bicyclic) bond motifs is 4. The fourth-order valence-corrected chi connectivity index (χ4v) is 16.0. The molecule has 1 heterocycles. The fourth-order valence-electron chi connectivity index (χ4n) is 9.83. The topological polar surface area (TPSA) is 12.9 Å². The van der Waals surface area contributed by atoms with Crippen molar-refractivity contribution in [3.05, 3.63) is 77.9 Å². The van der Waals surface area contributed by atoms with Crippen LogP contribution >= 0.6 is 19.3 Å². The summed E-state index contributed by atoms with van der Waals surface area (Å²) in [4.78, 5) is 4.87. The van der Waals surface area contributed by atoms with E-state index in [1.165, 1.54) is 49.5 Å². The van der Waals surface area contributed by atoms with E-state index >= 15 is 0 Å². The molecule has 4 heteroatoms. The van der Waals surface area contributed by atoms with Crippen LogP contribution in [0.3, 0.4) is 0 Å². The maximum atomic E-state index is 4.87. The van der Waals surface area contributed by atoms with Crippen molar-refractivity contribution in [1.29, 1.82) is 0 Å². The van der Waals surface area contributed by atoms with Crippen LogP contribution in [0.2, 0.25) is 0 Å². The molecule has 3 saturated carbocycles. The number of hydrogen-bond acceptors (Lipinski definition) is 2. The Morgan fingerprint density at radius 3 is 1.85 bits per heavy atom. The van der Waals surface area contributed by atoms with E-state index in [0.717, 1.165) is 23.4 Å². The average Bonchev–Trinajstić information content (AvgIpc) is 3.67. The number of thiazole rings is 1. The Bertz CT molecular complexity index is 1480. The Balaban J connectivity index is 0.000000166. The van der Waals surface area contributed by atoms with Gasteiger partial charge in [0.15, 0.2) is 0 Å². The van der Waals surface area contributed by atoms with E-state index in [2.05, 4.69) is 74.5 Å². The largest absolute Gasteiger partial charge is 1.00 e. The molecule has 4 aliphatic rings. The number of nitrogens with zero attached hydrogens (tertiary/aromatic N) is 1. The standard InChI is InChI=1S/C24H20NS.C18H33P.Au/c1-3-24(4-2)19-10-6-5-9-17(19)18-14-13-16(15-20(18)24)23-25-21-11-7-8-12-22(21)26-23;1-4-10-16(11-5-1)19(17-12-6-2-7-13-17)18-14-8-3-9-15-18;/h5,7-15H,3-4H2,1-2H3;16-18H,1-15H2;/q-1;;+1/p+1. The van der Waals surface area contributed by atoms with Gasteiger partial charge in [0.25, 0.3) is 0 Å². The molecule has 0 saturated heterocycles. The number of rotatable bonds is 6. The minimum absolute atomic E-state index is 0. The summed E-state index contributed by atoms with van der Waals surface area (Å²) in [5.41, 5.74) is 11.7. The van der Waals surface area contributed by atoms with Crippen LogP contribution < -0.4 is 0 Å². The summed E-state index contributed by atoms with van der Waals surface area (Å²) in [6, 6.07) is 25.1. The monoisotopic (exact) mass is 832 g/mol. The van der Waals surface area contributed by atoms with E-state index in [1.807, 2.05) is 6.07 Å². The first-order chi connectivity index (χ1) is 22.2. The van der Waals surface area contributed by atoms with Gasteiger partial charge in [-0.3, -0.25) is 0 Å². The molecule has 248 valence electrons. The van der Waals surface area contributed by atoms with Crippen LogP contribution in [-0.4, -0.2) is 22.0 Å². The minimum atomic E-state index is -0.0465. The van der Waals surface area contributed by atoms with Gasteiger partial charge in [-0.2, -0.15) is 24.3 Å². The molecule has 0 spiro atoms. The van der Waals surface area contributed by atoms with Gasteiger partial charge in [-0.1, -0.05) is 70.2 Å². The van der Waals surface area contributed by atoms with Gasteiger partial charge >= 0.3 is 22.4 Å². The number of para-hydroxylation sites is 1. The molecule has 0 radical (unpaired) electrons. The molecule has 8 rings (SSSR count). The first-order valence-corrected chi connectivity index (χ1v) is 21.1. The van der Waals surface area contributed by atoms with Crippen LogP contribution in [0.4, 0.5) is 0 Å². The van der Waals surface area contributed by atoms with Crippen molar-refractivity contribution in [2.24, 2.45) is 0 Å². The second kappa shape index (κ2) is 16.0. The zero-order valence-corrected chi connectivity index (χ0v) is 32.2. The van der Waals surface area contributed by atoms with Gasteiger partial charge in [0.05, 0.1) is 27.2 Å². The summed E-state index contributed by atoms with van der Waals surface area (Å²) in [5, 5.41) is 1.11. The second-order valence-corrected chi connectivity index (χ2v) is 19.0. The quantitative estimate of drug-likeness (QED) is 0.107. The van der Waals surface area contributed by atoms with Gasteiger partial charge in [0.2, 0.25) is 0 Å². The van der Waals surface area contributed by atoms with Gasteiger partial charge in [-0.05, 0) is 112 Å². The number of aromatic nitrogens is 1. The Morgan fingerprint density at radius 1 is 0.717 bits per heavy atom. The summed E-state index contributed by atoms with van der Waals surface area (Å²) in [7, 11) is -0.0465. The zero-order chi connectivity index (χ0) is 30.6. The minimum Gasteiger partial charge on any atom is -0.236 e. The molecule has 0 N–H and O–H groups in total. The molecule has 1 aromatic heterocycles. The molecular formula is C42H54AuNPS+. The summed E-state index contributed by atoms with van der Waals surface area (Å²) < 4.78 is 1.25. The van der Waals surface area contributed by atoms with Crippen LogP contribution in [0.5, 0.6) is 0 Å². The van der Waals surface area contributed by atoms with Crippen molar-refractivity contribution < 1.29 is 22.4 Å². The fraction of sp³-hybridized carbons (Fsp3) is 0.548. The van der Waals surface area contributed by atoms with Crippen molar-refractivity contribution in [2.75, 3.05) is 0 Å². The maximum absolute atomic E-state index is 4.87. The third-order valence-electron chi connectivity index (χ3n) is 12.2. The Morgan fingerprint density at radius 2 is 1.28 bits per heavy atom. The molecule has 46 heavy (non-hydrogen) atoms. The Labute approximate surface area is 300 Å². The molecule has 0 amide bonds. The predicted molar refractivity (Wildman–Crippen MR) is 200 cm³/mol. The summed E-state index contributed by atoms with van der Waals surface area (Å²) >= 11 is 1.78. The van der Waals surface area contributed by atoms with Crippen LogP contribution in [-0.2, 0) is 27.8 Å². The van der Waals surface area contributed by atoms with Crippen LogP contribution in [0.25, 0.3) is 31.9 Å². The maximum Gasteiger partial charge on any atom is 1.00 e. The molecule has 0 aliphatic heterocycles. The van der Waals surface area contributed by atoms with Crippen molar-refractivity contribution in [3.8, 4) is 21.7 Å². The summed E-state index contributed by atoms with van der Waals surface area (Å²) in [6.07, 6.45) is 26.0. The van der Waals surface area contributed by atoms with E-state index in [9.17, 15) is 0 Å². The molecule has 0 atom stereocenters. The van der Waals surface area contributed by atoms with E-state index in [4.69, 9.17) is 4.98 Å². The first kappa shape index (κ1) is 34.6. The van der Waals surface area contributed by atoms with Gasteiger partial charge in [0, 0.05) is 13.5 Å². The van der Waals surface area contributed by atoms with Gasteiger partial charge in [-0.25, -0.2) is 4.98 Å². The molecule has 4 aliphatic carbocycles. The molecule has 0 unspecified atom stereocenters. The van der Waals surface area contributed by atoms with Gasteiger partial charge < -0.3 is 0 Å². The van der Waals surface area contributed by atoms with Gasteiger partial charge in [-0.15, -0.1) is 22.5 Å². The predicted octanol–water partition coefficient (Wildman–Crippen LogP) is 13.0. The number of hydrogen-bond donors (Lipinski definition) is 0. The summed E-state index contributed by atoms with van der Waals surface area (Å²) in [6.45, 7) is 4.61. The number of benzene rings is 3. The van der Waals surface area contributed by atoms with E-state index in [0.29, 0.717) is 0 Å². The van der Waals surface area contributed by atoms with Crippen molar-refractivity contribution in [1.82, 2.24) is 4.98 Å². The smallest absolute Gasteiger partial charge is 0.236 e. The van der Waals surface area contributed by atoms with E-state index in [1.54, 1.807) is 108 Å². The van der Waals surface area contributed by atoms with E-state index in [-0.39, 0.29) is 35.7 Å². The van der Waals surface area contributed by atoms with Crippen LogP contribution in [0.1, 0.15) is 134 Å². The third kappa shape index (κ3) is 6.91. The molecular weight excluding hydrogens is 778 g/mol. The SMILES string of the molecule is C1CCC([PH+](C2CCCCC2)C2CCCCC2)CC1.CCC1(CC)c2c[c-]ccc2-c2ccc(-c3nc4ccccc4s3)cc21.[Au+]. The molecule has 3 aromatic carbocycles. The van der Waals surface area contributed by atoms with Gasteiger partial charge in [0.1, 0.15) is 5.01 Å². The zero-order valence-electron chi connectivity index (χ0n) is 28.2. The third-order valence-corrected chi connectivity index (χ3v) is 17.8. The normalized spacial score (nSPS) is 20.1. The first-order valence-electron chi connectivity index (χ1n) is 18.6.